The van der Waals surface area contributed by atoms with Gasteiger partial charge in [-0.05, 0) is 29.7 Å². The third-order valence-corrected chi connectivity index (χ3v) is 5.26. The average Bonchev–Trinajstić information content (AvgIpc) is 2.92. The lowest BCUT2D eigenvalue weighted by Crippen LogP contribution is -2.37. The fourth-order valence-corrected chi connectivity index (χ4v) is 3.56. The number of methoxy groups -OCH3 is 1. The Morgan fingerprint density at radius 2 is 1.95 bits per heavy atom. The molecule has 3 rings (SSSR count). The highest BCUT2D eigenvalue weighted by molar-refractivity contribution is 6.08. The van der Waals surface area contributed by atoms with Crippen molar-refractivity contribution < 1.29 is 19.1 Å². The highest BCUT2D eigenvalue weighted by Crippen LogP contribution is 2.32. The molecule has 0 bridgehead atoms. The molecule has 10 nitrogen and oxygen atoms in total. The topological polar surface area (TPSA) is 148 Å². The molecule has 0 unspecified atom stereocenters. The molecule has 5 N–H and O–H groups in total. The van der Waals surface area contributed by atoms with Crippen molar-refractivity contribution in [3.05, 3.63) is 84.3 Å². The molecule has 0 saturated heterocycles. The molecule has 0 aliphatic rings. The van der Waals surface area contributed by atoms with Crippen LogP contribution < -0.4 is 21.7 Å². The minimum Gasteiger partial charge on any atom is -0.403 e. The summed E-state index contributed by atoms with van der Waals surface area (Å²) in [7, 11) is 3.12. The van der Waals surface area contributed by atoms with Crippen LogP contribution in [0.5, 0.6) is 0 Å². The summed E-state index contributed by atoms with van der Waals surface area (Å²) >= 11 is 0. The van der Waals surface area contributed by atoms with Gasteiger partial charge < -0.3 is 26.4 Å². The second kappa shape index (κ2) is 12.8. The minimum absolute atomic E-state index is 0.142. The van der Waals surface area contributed by atoms with E-state index in [1.165, 1.54) is 18.5 Å². The second-order valence-electron chi connectivity index (χ2n) is 7.81. The number of hydrogen-bond donors (Lipinski definition) is 4. The summed E-state index contributed by atoms with van der Waals surface area (Å²) in [6, 6.07) is 14.5. The van der Waals surface area contributed by atoms with Crippen LogP contribution in [0.1, 0.15) is 16.1 Å². The van der Waals surface area contributed by atoms with Gasteiger partial charge in [-0.15, -0.1) is 0 Å². The van der Waals surface area contributed by atoms with Gasteiger partial charge in [-0.25, -0.2) is 4.98 Å². The number of allylic oxidation sites excluding steroid dienone is 1. The van der Waals surface area contributed by atoms with Crippen LogP contribution in [0.2, 0.25) is 0 Å². The van der Waals surface area contributed by atoms with Crippen LogP contribution in [-0.2, 0) is 20.9 Å². The molecule has 3 aromatic rings. The Labute approximate surface area is 214 Å². The first-order valence-corrected chi connectivity index (χ1v) is 11.3. The monoisotopic (exact) mass is 500 g/mol. The summed E-state index contributed by atoms with van der Waals surface area (Å²) in [5.74, 6) is -1.31. The number of amides is 3. The zero-order chi connectivity index (χ0) is 26.8. The Hall–Kier alpha value is -4.83. The largest absolute Gasteiger partial charge is 0.403 e. The molecule has 0 spiro atoms. The van der Waals surface area contributed by atoms with Crippen LogP contribution in [0, 0.1) is 0 Å². The number of aliphatic imine (C=N–C) groups is 1. The highest BCUT2D eigenvalue weighted by atomic mass is 16.5. The molecular formula is C27H28N6O4. The second-order valence-corrected chi connectivity index (χ2v) is 7.81. The van der Waals surface area contributed by atoms with Gasteiger partial charge in [0.2, 0.25) is 11.8 Å². The van der Waals surface area contributed by atoms with Gasteiger partial charge in [0.25, 0.3) is 5.91 Å². The predicted molar refractivity (Wildman–Crippen MR) is 144 cm³/mol. The number of fused-ring (bicyclic) bond motifs is 1. The number of rotatable bonds is 10. The van der Waals surface area contributed by atoms with Gasteiger partial charge in [0.05, 0.1) is 30.2 Å². The lowest BCUT2D eigenvalue weighted by Gasteiger charge is -2.14. The van der Waals surface area contributed by atoms with E-state index in [1.54, 1.807) is 32.4 Å². The Bertz CT molecular complexity index is 1400. The summed E-state index contributed by atoms with van der Waals surface area (Å²) in [6.07, 6.45) is 3.79. The standard InChI is InChI=1S/C27H28N6O4/c1-4-24(34)33-26-19(16-37-3)11-9-17-8-10-18(12-21(17)26)22-6-5-7-23(32-22)27(36)30-15-25(35)31-20(13-28)14-29-2/h4-14H,1,15-16,28H2,2-3H3,(H,30,36)(H,31,35)(H,33,34). The fraction of sp³-hybridized carbons (Fsp3) is 0.148. The van der Waals surface area contributed by atoms with Gasteiger partial charge in [-0.3, -0.25) is 19.4 Å². The summed E-state index contributed by atoms with van der Waals surface area (Å²) in [4.78, 5) is 45.1. The van der Waals surface area contributed by atoms with Crippen LogP contribution in [0.4, 0.5) is 5.69 Å². The smallest absolute Gasteiger partial charge is 0.270 e. The van der Waals surface area contributed by atoms with Crippen molar-refractivity contribution in [2.75, 3.05) is 26.0 Å². The summed E-state index contributed by atoms with van der Waals surface area (Å²) in [5.41, 5.74) is 8.59. The van der Waals surface area contributed by atoms with Crippen LogP contribution in [0.3, 0.4) is 0 Å². The van der Waals surface area contributed by atoms with Gasteiger partial charge in [-0.2, -0.15) is 0 Å². The molecule has 0 aliphatic heterocycles. The summed E-state index contributed by atoms with van der Waals surface area (Å²) < 4.78 is 5.29. The van der Waals surface area contributed by atoms with Gasteiger partial charge in [0.1, 0.15) is 5.69 Å². The molecule has 1 aromatic heterocycles. The third kappa shape index (κ3) is 6.86. The molecule has 0 atom stereocenters. The minimum atomic E-state index is -0.512. The number of nitrogens with zero attached hydrogens (tertiary/aromatic N) is 2. The van der Waals surface area contributed by atoms with E-state index in [-0.39, 0.29) is 18.1 Å². The van der Waals surface area contributed by atoms with Crippen molar-refractivity contribution in [3.8, 4) is 11.3 Å². The number of nitrogens with two attached hydrogens (primary N) is 1. The molecule has 0 fully saturated rings. The predicted octanol–water partition coefficient (Wildman–Crippen LogP) is 2.52. The van der Waals surface area contributed by atoms with E-state index in [9.17, 15) is 14.4 Å². The molecular weight excluding hydrogens is 472 g/mol. The SMILES string of the molecule is C=CC(=O)Nc1c(COC)ccc2ccc(-c3cccc(C(=O)NCC(=O)NC(C=NC)=CN)n3)cc12. The number of pyridine rings is 1. The van der Waals surface area contributed by atoms with Crippen molar-refractivity contribution >= 4 is 40.4 Å². The average molecular weight is 501 g/mol. The van der Waals surface area contributed by atoms with Crippen molar-refractivity contribution in [1.82, 2.24) is 15.6 Å². The molecule has 190 valence electrons. The molecule has 1 heterocycles. The van der Waals surface area contributed by atoms with Crippen molar-refractivity contribution in [3.63, 3.8) is 0 Å². The van der Waals surface area contributed by atoms with Crippen LogP contribution in [0.15, 0.2) is 78.1 Å². The van der Waals surface area contributed by atoms with E-state index >= 15 is 0 Å². The molecule has 0 saturated carbocycles. The maximum Gasteiger partial charge on any atom is 0.270 e. The number of benzene rings is 2. The Balaban J connectivity index is 1.87. The van der Waals surface area contributed by atoms with Crippen molar-refractivity contribution in [2.45, 2.75) is 6.61 Å². The quantitative estimate of drug-likeness (QED) is 0.248. The molecule has 2 aromatic carbocycles. The number of aromatic nitrogens is 1. The van der Waals surface area contributed by atoms with Crippen LogP contribution >= 0.6 is 0 Å². The number of carbonyl (C=O) groups excluding carboxylic acids is 3. The zero-order valence-corrected chi connectivity index (χ0v) is 20.6. The first-order chi connectivity index (χ1) is 17.9. The first-order valence-electron chi connectivity index (χ1n) is 11.3. The lowest BCUT2D eigenvalue weighted by atomic mass is 10.00. The lowest BCUT2D eigenvalue weighted by molar-refractivity contribution is -0.119. The molecule has 37 heavy (non-hydrogen) atoms. The molecule has 0 radical (unpaired) electrons. The number of carbonyl (C=O) groups is 3. The summed E-state index contributed by atoms with van der Waals surface area (Å²) in [6.45, 7) is 3.56. The Morgan fingerprint density at radius 3 is 2.65 bits per heavy atom. The number of anilines is 1. The molecule has 10 heteroatoms. The maximum atomic E-state index is 12.7. The van der Waals surface area contributed by atoms with Crippen LogP contribution in [0.25, 0.3) is 22.0 Å². The normalized spacial score (nSPS) is 11.4. The van der Waals surface area contributed by atoms with Gasteiger partial charge in [0, 0.05) is 43.1 Å². The molecule has 0 aliphatic carbocycles. The van der Waals surface area contributed by atoms with E-state index in [2.05, 4.69) is 32.5 Å². The number of nitrogens with one attached hydrogen (secondary N) is 3. The van der Waals surface area contributed by atoms with E-state index in [0.29, 0.717) is 23.7 Å². The van der Waals surface area contributed by atoms with Gasteiger partial charge in [-0.1, -0.05) is 36.9 Å². The van der Waals surface area contributed by atoms with E-state index in [0.717, 1.165) is 21.9 Å². The Kier molecular flexibility index (Phi) is 9.23. The zero-order valence-electron chi connectivity index (χ0n) is 20.6. The highest BCUT2D eigenvalue weighted by Gasteiger charge is 2.14. The maximum absolute atomic E-state index is 12.7. The van der Waals surface area contributed by atoms with Crippen LogP contribution in [-0.4, -0.2) is 49.6 Å². The summed E-state index contributed by atoms with van der Waals surface area (Å²) in [5, 5.41) is 9.63. The Morgan fingerprint density at radius 1 is 1.16 bits per heavy atom. The fourth-order valence-electron chi connectivity index (χ4n) is 3.56. The van der Waals surface area contributed by atoms with Gasteiger partial charge in [0.15, 0.2) is 0 Å². The van der Waals surface area contributed by atoms with E-state index in [4.69, 9.17) is 10.5 Å². The van der Waals surface area contributed by atoms with Crippen molar-refractivity contribution in [1.29, 1.82) is 0 Å². The van der Waals surface area contributed by atoms with Crippen molar-refractivity contribution in [2.24, 2.45) is 10.7 Å². The third-order valence-electron chi connectivity index (χ3n) is 5.26. The van der Waals surface area contributed by atoms with Gasteiger partial charge >= 0.3 is 0 Å². The molecule has 3 amide bonds. The van der Waals surface area contributed by atoms with E-state index in [1.807, 2.05) is 30.3 Å². The number of ether oxygens (including phenoxy) is 1. The first kappa shape index (κ1) is 26.8. The van der Waals surface area contributed by atoms with E-state index < -0.39 is 11.8 Å². The number of hydrogen-bond acceptors (Lipinski definition) is 7.